The fourth-order valence-electron chi connectivity index (χ4n) is 2.50. The Morgan fingerprint density at radius 3 is 2.71 bits per heavy atom. The third kappa shape index (κ3) is 3.22. The van der Waals surface area contributed by atoms with E-state index in [1.54, 1.807) is 12.1 Å². The summed E-state index contributed by atoms with van der Waals surface area (Å²) < 4.78 is 5.75. The van der Waals surface area contributed by atoms with Crippen LogP contribution in [0.15, 0.2) is 36.4 Å². The van der Waals surface area contributed by atoms with Crippen LogP contribution in [0.4, 0.5) is 0 Å². The van der Waals surface area contributed by atoms with Gasteiger partial charge >= 0.3 is 0 Å². The Balaban J connectivity index is 1.76. The van der Waals surface area contributed by atoms with E-state index in [-0.39, 0.29) is 5.78 Å². The minimum absolute atomic E-state index is 0.200. The first-order chi connectivity index (χ1) is 10.1. The third-order valence-electron chi connectivity index (χ3n) is 3.64. The molecule has 0 saturated carbocycles. The minimum Gasteiger partial charge on any atom is -0.489 e. The Morgan fingerprint density at radius 1 is 1.05 bits per heavy atom. The van der Waals surface area contributed by atoms with E-state index >= 15 is 0 Å². The van der Waals surface area contributed by atoms with Crippen LogP contribution >= 0.6 is 23.2 Å². The number of carbonyl (C=O) groups excluding carboxylic acids is 1. The van der Waals surface area contributed by atoms with Gasteiger partial charge in [-0.1, -0.05) is 35.3 Å². The van der Waals surface area contributed by atoms with Crippen LogP contribution in [0.1, 0.15) is 34.3 Å². The number of ether oxygens (including phenoxy) is 1. The maximum atomic E-state index is 11.9. The van der Waals surface area contributed by atoms with Crippen molar-refractivity contribution in [3.63, 3.8) is 0 Å². The number of hydrogen-bond acceptors (Lipinski definition) is 2. The Labute approximate surface area is 133 Å². The molecule has 0 N–H and O–H groups in total. The van der Waals surface area contributed by atoms with Gasteiger partial charge in [0.25, 0.3) is 0 Å². The van der Waals surface area contributed by atoms with Crippen molar-refractivity contribution in [3.8, 4) is 5.75 Å². The van der Waals surface area contributed by atoms with Crippen molar-refractivity contribution >= 4 is 29.0 Å². The Bertz CT molecular complexity index is 695. The molecule has 21 heavy (non-hydrogen) atoms. The van der Waals surface area contributed by atoms with Gasteiger partial charge in [0.1, 0.15) is 12.4 Å². The first-order valence-corrected chi connectivity index (χ1v) is 7.62. The Hall–Kier alpha value is -1.51. The molecule has 108 valence electrons. The predicted octanol–water partition coefficient (Wildman–Crippen LogP) is 5.09. The molecule has 0 radical (unpaired) electrons. The number of benzene rings is 2. The quantitative estimate of drug-likeness (QED) is 0.787. The van der Waals surface area contributed by atoms with Gasteiger partial charge in [-0.3, -0.25) is 4.79 Å². The van der Waals surface area contributed by atoms with Gasteiger partial charge in [0, 0.05) is 27.6 Å². The van der Waals surface area contributed by atoms with Gasteiger partial charge in [-0.15, -0.1) is 0 Å². The van der Waals surface area contributed by atoms with Crippen molar-refractivity contribution in [1.82, 2.24) is 0 Å². The van der Waals surface area contributed by atoms with Crippen LogP contribution in [0, 0.1) is 0 Å². The fraction of sp³-hybridized carbons (Fsp3) is 0.235. The maximum Gasteiger partial charge on any atom is 0.163 e. The highest BCUT2D eigenvalue weighted by atomic mass is 35.5. The van der Waals surface area contributed by atoms with Crippen LogP contribution in [-0.2, 0) is 13.0 Å². The standard InChI is InChI=1S/C17H14Cl2O2/c18-13-6-4-12(16(19)8-13)10-21-14-7-5-11-2-1-3-17(20)15(11)9-14/h4-9H,1-3,10H2. The molecule has 0 unspecified atom stereocenters. The van der Waals surface area contributed by atoms with Crippen LogP contribution in [-0.4, -0.2) is 5.78 Å². The van der Waals surface area contributed by atoms with Crippen molar-refractivity contribution in [2.24, 2.45) is 0 Å². The van der Waals surface area contributed by atoms with Crippen molar-refractivity contribution < 1.29 is 9.53 Å². The zero-order chi connectivity index (χ0) is 14.8. The van der Waals surface area contributed by atoms with Crippen molar-refractivity contribution in [3.05, 3.63) is 63.1 Å². The van der Waals surface area contributed by atoms with Crippen LogP contribution in [0.25, 0.3) is 0 Å². The SMILES string of the molecule is O=C1CCCc2ccc(OCc3ccc(Cl)cc3Cl)cc21. The fourth-order valence-corrected chi connectivity index (χ4v) is 2.96. The van der Waals surface area contributed by atoms with E-state index in [4.69, 9.17) is 27.9 Å². The molecule has 2 aromatic rings. The molecule has 2 nitrogen and oxygen atoms in total. The van der Waals surface area contributed by atoms with E-state index in [1.165, 1.54) is 0 Å². The maximum absolute atomic E-state index is 11.9. The Kier molecular flexibility index (Phi) is 4.18. The number of Topliss-reactive ketones (excluding diaryl/α,β-unsaturated/α-hetero) is 1. The first kappa shape index (κ1) is 14.4. The van der Waals surface area contributed by atoms with E-state index < -0.39 is 0 Å². The molecule has 3 rings (SSSR count). The summed E-state index contributed by atoms with van der Waals surface area (Å²) in [5.41, 5.74) is 2.77. The van der Waals surface area contributed by atoms with Crippen LogP contribution in [0.5, 0.6) is 5.75 Å². The summed E-state index contributed by atoms with van der Waals surface area (Å²) in [6.07, 6.45) is 2.52. The highest BCUT2D eigenvalue weighted by Crippen LogP contribution is 2.27. The van der Waals surface area contributed by atoms with Gasteiger partial charge in [0.05, 0.1) is 0 Å². The molecular weight excluding hydrogens is 307 g/mol. The number of aryl methyl sites for hydroxylation is 1. The zero-order valence-electron chi connectivity index (χ0n) is 11.4. The number of ketones is 1. The smallest absolute Gasteiger partial charge is 0.163 e. The molecule has 0 bridgehead atoms. The molecule has 0 atom stereocenters. The molecule has 0 fully saturated rings. The van der Waals surface area contributed by atoms with Crippen LogP contribution in [0.3, 0.4) is 0 Å². The zero-order valence-corrected chi connectivity index (χ0v) is 12.9. The van der Waals surface area contributed by atoms with Crippen molar-refractivity contribution in [2.45, 2.75) is 25.9 Å². The van der Waals surface area contributed by atoms with Gasteiger partial charge in [0.2, 0.25) is 0 Å². The summed E-state index contributed by atoms with van der Waals surface area (Å²) in [5.74, 6) is 0.890. The molecule has 0 spiro atoms. The van der Waals surface area contributed by atoms with Crippen LogP contribution in [0.2, 0.25) is 10.0 Å². The highest BCUT2D eigenvalue weighted by molar-refractivity contribution is 6.35. The van der Waals surface area contributed by atoms with E-state index in [2.05, 4.69) is 0 Å². The summed E-state index contributed by atoms with van der Waals surface area (Å²) in [7, 11) is 0. The average Bonchev–Trinajstić information content (AvgIpc) is 2.47. The molecule has 0 aliphatic heterocycles. The predicted molar refractivity (Wildman–Crippen MR) is 84.5 cm³/mol. The summed E-state index contributed by atoms with van der Waals surface area (Å²) in [5, 5.41) is 1.18. The first-order valence-electron chi connectivity index (χ1n) is 6.86. The van der Waals surface area contributed by atoms with Crippen LogP contribution < -0.4 is 4.74 Å². The summed E-state index contributed by atoms with van der Waals surface area (Å²) in [4.78, 5) is 11.9. The molecule has 0 amide bonds. The summed E-state index contributed by atoms with van der Waals surface area (Å²) >= 11 is 12.0. The van der Waals surface area contributed by atoms with Gasteiger partial charge < -0.3 is 4.74 Å². The van der Waals surface area contributed by atoms with Crippen molar-refractivity contribution in [1.29, 1.82) is 0 Å². The number of hydrogen-bond donors (Lipinski definition) is 0. The summed E-state index contributed by atoms with van der Waals surface area (Å²) in [6, 6.07) is 11.0. The minimum atomic E-state index is 0.200. The lowest BCUT2D eigenvalue weighted by atomic mass is 9.90. The van der Waals surface area contributed by atoms with Gasteiger partial charge in [-0.2, -0.15) is 0 Å². The average molecular weight is 321 g/mol. The van der Waals surface area contributed by atoms with E-state index in [9.17, 15) is 4.79 Å². The van der Waals surface area contributed by atoms with Gasteiger partial charge in [-0.25, -0.2) is 0 Å². The second kappa shape index (κ2) is 6.08. The normalized spacial score (nSPS) is 13.9. The monoisotopic (exact) mass is 320 g/mol. The molecule has 0 saturated heterocycles. The lowest BCUT2D eigenvalue weighted by molar-refractivity contribution is 0.0972. The largest absolute Gasteiger partial charge is 0.489 e. The second-order valence-corrected chi connectivity index (χ2v) is 5.96. The number of carbonyl (C=O) groups is 1. The number of fused-ring (bicyclic) bond motifs is 1. The van der Waals surface area contributed by atoms with E-state index in [0.717, 1.165) is 29.5 Å². The Morgan fingerprint density at radius 2 is 1.90 bits per heavy atom. The molecule has 0 aromatic heterocycles. The molecule has 4 heteroatoms. The third-order valence-corrected chi connectivity index (χ3v) is 4.23. The van der Waals surface area contributed by atoms with E-state index in [1.807, 2.05) is 24.3 Å². The molecule has 1 aliphatic carbocycles. The molecular formula is C17H14Cl2O2. The molecule has 2 aromatic carbocycles. The summed E-state index contributed by atoms with van der Waals surface area (Å²) in [6.45, 7) is 0.350. The van der Waals surface area contributed by atoms with Gasteiger partial charge in [0.15, 0.2) is 5.78 Å². The van der Waals surface area contributed by atoms with Crippen molar-refractivity contribution in [2.75, 3.05) is 0 Å². The topological polar surface area (TPSA) is 26.3 Å². The number of rotatable bonds is 3. The highest BCUT2D eigenvalue weighted by Gasteiger charge is 2.17. The second-order valence-electron chi connectivity index (χ2n) is 5.12. The van der Waals surface area contributed by atoms with E-state index in [0.29, 0.717) is 28.8 Å². The lowest BCUT2D eigenvalue weighted by Crippen LogP contribution is -2.10. The lowest BCUT2D eigenvalue weighted by Gasteiger charge is -2.16. The molecule has 1 aliphatic rings. The van der Waals surface area contributed by atoms with Gasteiger partial charge in [-0.05, 0) is 42.7 Å². The number of halogens is 2. The molecule has 0 heterocycles.